The third-order valence-electron chi connectivity index (χ3n) is 5.65. The van der Waals surface area contributed by atoms with Crippen molar-refractivity contribution >= 4 is 0 Å². The molecule has 0 bridgehead atoms. The number of aromatic hydroxyl groups is 4. The Labute approximate surface area is 181 Å². The molecule has 2 aliphatic rings. The van der Waals surface area contributed by atoms with Gasteiger partial charge in [0.1, 0.15) is 47.8 Å². The zero-order chi connectivity index (χ0) is 23.2. The van der Waals surface area contributed by atoms with E-state index < -0.39 is 55.3 Å². The van der Waals surface area contributed by atoms with Gasteiger partial charge in [0.25, 0.3) is 0 Å². The van der Waals surface area contributed by atoms with E-state index in [9.17, 15) is 40.9 Å². The van der Waals surface area contributed by atoms with Crippen LogP contribution in [0, 0.1) is 0 Å². The van der Waals surface area contributed by atoms with Gasteiger partial charge in [-0.1, -0.05) is 6.07 Å². The van der Waals surface area contributed by atoms with E-state index in [2.05, 4.69) is 0 Å². The maximum absolute atomic E-state index is 10.3. The first-order valence-electron chi connectivity index (χ1n) is 9.89. The number of phenolic OH excluding ortho intramolecular Hbond substituents is 4. The molecule has 0 spiro atoms. The summed E-state index contributed by atoms with van der Waals surface area (Å²) in [5.41, 5.74) is 0.667. The normalized spacial score (nSPS) is 32.2. The van der Waals surface area contributed by atoms with E-state index in [0.29, 0.717) is 11.1 Å². The van der Waals surface area contributed by atoms with Gasteiger partial charge in [-0.05, 0) is 17.7 Å². The molecular formula is C21H24O11. The van der Waals surface area contributed by atoms with Crippen LogP contribution in [-0.2, 0) is 15.9 Å². The number of ether oxygens (including phenoxy) is 3. The Balaban J connectivity index is 1.68. The van der Waals surface area contributed by atoms with Crippen molar-refractivity contribution < 1.29 is 55.1 Å². The minimum absolute atomic E-state index is 0.0166. The minimum atomic E-state index is -1.66. The molecule has 1 saturated heterocycles. The Morgan fingerprint density at radius 2 is 1.62 bits per heavy atom. The largest absolute Gasteiger partial charge is 0.508 e. The highest BCUT2D eigenvalue weighted by Crippen LogP contribution is 2.44. The smallest absolute Gasteiger partial charge is 0.187 e. The lowest BCUT2D eigenvalue weighted by molar-refractivity contribution is -0.317. The number of phenols is 4. The maximum atomic E-state index is 10.3. The molecule has 2 heterocycles. The van der Waals surface area contributed by atoms with Gasteiger partial charge in [0.05, 0.1) is 6.61 Å². The fourth-order valence-electron chi connectivity index (χ4n) is 3.92. The molecular weight excluding hydrogens is 428 g/mol. The average Bonchev–Trinajstić information content (AvgIpc) is 2.76. The van der Waals surface area contributed by atoms with Gasteiger partial charge in [-0.2, -0.15) is 0 Å². The lowest BCUT2D eigenvalue weighted by Gasteiger charge is -2.43. The van der Waals surface area contributed by atoms with E-state index in [1.165, 1.54) is 24.3 Å². The van der Waals surface area contributed by atoms with Crippen LogP contribution < -0.4 is 4.74 Å². The first-order valence-corrected chi connectivity index (χ1v) is 9.89. The van der Waals surface area contributed by atoms with Gasteiger partial charge in [-0.15, -0.1) is 0 Å². The molecule has 32 heavy (non-hydrogen) atoms. The highest BCUT2D eigenvalue weighted by molar-refractivity contribution is 5.52. The fraction of sp³-hybridized carbons (Fsp3) is 0.429. The summed E-state index contributed by atoms with van der Waals surface area (Å²) in [5.74, 6) is -1.10. The summed E-state index contributed by atoms with van der Waals surface area (Å²) in [6, 6.07) is 6.38. The molecule has 174 valence electrons. The van der Waals surface area contributed by atoms with E-state index >= 15 is 0 Å². The molecule has 7 atom stereocenters. The van der Waals surface area contributed by atoms with Gasteiger partial charge in [0.15, 0.2) is 23.9 Å². The van der Waals surface area contributed by atoms with Crippen molar-refractivity contribution in [2.75, 3.05) is 6.61 Å². The van der Waals surface area contributed by atoms with Crippen LogP contribution in [0.4, 0.5) is 0 Å². The third-order valence-corrected chi connectivity index (χ3v) is 5.65. The van der Waals surface area contributed by atoms with Crippen LogP contribution in [-0.4, -0.2) is 84.3 Å². The van der Waals surface area contributed by atoms with Crippen molar-refractivity contribution in [2.24, 2.45) is 0 Å². The lowest BCUT2D eigenvalue weighted by atomic mass is 9.93. The second-order valence-electron chi connectivity index (χ2n) is 7.80. The first kappa shape index (κ1) is 22.4. The molecule has 2 aromatic rings. The van der Waals surface area contributed by atoms with Crippen LogP contribution in [0.5, 0.6) is 28.7 Å². The highest BCUT2D eigenvalue weighted by Gasteiger charge is 2.46. The van der Waals surface area contributed by atoms with Crippen molar-refractivity contribution in [2.45, 2.75) is 49.3 Å². The molecule has 11 heteroatoms. The zero-order valence-corrected chi connectivity index (χ0v) is 16.6. The number of benzene rings is 2. The van der Waals surface area contributed by atoms with Gasteiger partial charge in [-0.3, -0.25) is 0 Å². The van der Waals surface area contributed by atoms with E-state index in [1.54, 1.807) is 0 Å². The minimum Gasteiger partial charge on any atom is -0.508 e. The van der Waals surface area contributed by atoms with Crippen LogP contribution >= 0.6 is 0 Å². The zero-order valence-electron chi connectivity index (χ0n) is 16.6. The van der Waals surface area contributed by atoms with Gasteiger partial charge in [0.2, 0.25) is 0 Å². The van der Waals surface area contributed by atoms with Crippen molar-refractivity contribution in [3.05, 3.63) is 41.5 Å². The van der Waals surface area contributed by atoms with E-state index in [-0.39, 0.29) is 29.4 Å². The summed E-state index contributed by atoms with van der Waals surface area (Å²) in [4.78, 5) is 0. The molecule has 8 N–H and O–H groups in total. The monoisotopic (exact) mass is 452 g/mol. The fourth-order valence-corrected chi connectivity index (χ4v) is 3.92. The second-order valence-corrected chi connectivity index (χ2v) is 7.80. The molecule has 1 fully saturated rings. The van der Waals surface area contributed by atoms with Crippen molar-refractivity contribution in [3.8, 4) is 28.7 Å². The Morgan fingerprint density at radius 3 is 2.31 bits per heavy atom. The SMILES string of the molecule is OC[C@H]1OC(OC2Cc3c(O)cc(O)cc3OC2c2ccc(O)c(O)c2)[C@H](O)[C@@H](O)[C@H]1O. The Kier molecular flexibility index (Phi) is 6.03. The van der Waals surface area contributed by atoms with Crippen molar-refractivity contribution in [1.82, 2.24) is 0 Å². The van der Waals surface area contributed by atoms with Crippen LogP contribution in [0.1, 0.15) is 17.2 Å². The number of aliphatic hydroxyl groups excluding tert-OH is 4. The molecule has 0 aromatic heterocycles. The number of hydrogen-bond acceptors (Lipinski definition) is 11. The van der Waals surface area contributed by atoms with E-state index in [1.807, 2.05) is 0 Å². The highest BCUT2D eigenvalue weighted by atomic mass is 16.7. The Hall–Kier alpha value is -2.80. The van der Waals surface area contributed by atoms with Gasteiger partial charge in [-0.25, -0.2) is 0 Å². The summed E-state index contributed by atoms with van der Waals surface area (Å²) >= 11 is 0. The summed E-state index contributed by atoms with van der Waals surface area (Å²) < 4.78 is 17.2. The predicted molar refractivity (Wildman–Crippen MR) is 105 cm³/mol. The Bertz CT molecular complexity index is 978. The van der Waals surface area contributed by atoms with Crippen LogP contribution in [0.15, 0.2) is 30.3 Å². The quantitative estimate of drug-likeness (QED) is 0.276. The summed E-state index contributed by atoms with van der Waals surface area (Å²) in [6.07, 6.45) is -9.41. The van der Waals surface area contributed by atoms with Crippen molar-refractivity contribution in [3.63, 3.8) is 0 Å². The molecule has 4 rings (SSSR count). The Morgan fingerprint density at radius 1 is 0.875 bits per heavy atom. The number of fused-ring (bicyclic) bond motifs is 1. The lowest BCUT2D eigenvalue weighted by Crippen LogP contribution is -2.60. The van der Waals surface area contributed by atoms with E-state index in [0.717, 1.165) is 6.07 Å². The van der Waals surface area contributed by atoms with Gasteiger partial charge in [0, 0.05) is 24.1 Å². The summed E-state index contributed by atoms with van der Waals surface area (Å²) in [5, 5.41) is 79.4. The molecule has 2 aromatic carbocycles. The van der Waals surface area contributed by atoms with Gasteiger partial charge >= 0.3 is 0 Å². The van der Waals surface area contributed by atoms with Crippen LogP contribution in [0.2, 0.25) is 0 Å². The van der Waals surface area contributed by atoms with Crippen LogP contribution in [0.25, 0.3) is 0 Å². The molecule has 11 nitrogen and oxygen atoms in total. The van der Waals surface area contributed by atoms with Crippen molar-refractivity contribution in [1.29, 1.82) is 0 Å². The standard InChI is InChI=1S/C21H24O11/c22-7-16-17(27)18(28)19(29)21(32-16)31-15-6-10-12(25)4-9(23)5-14(10)30-20(15)8-1-2-11(24)13(26)3-8/h1-5,15-29H,6-7H2/t15?,16-,17+,18+,19-,20?,21?/m1/s1. The second kappa shape index (κ2) is 8.62. The van der Waals surface area contributed by atoms with Gasteiger partial charge < -0.3 is 55.1 Å². The number of hydrogen-bond donors (Lipinski definition) is 8. The predicted octanol–water partition coefficient (Wildman–Crippen LogP) is -0.630. The molecule has 2 aliphatic heterocycles. The number of rotatable bonds is 4. The molecule has 0 aliphatic carbocycles. The molecule has 0 amide bonds. The molecule has 0 saturated carbocycles. The third kappa shape index (κ3) is 4.01. The summed E-state index contributed by atoms with van der Waals surface area (Å²) in [6.45, 7) is -0.635. The maximum Gasteiger partial charge on any atom is 0.187 e. The first-order chi connectivity index (χ1) is 15.2. The topological polar surface area (TPSA) is 190 Å². The average molecular weight is 452 g/mol. The van der Waals surface area contributed by atoms with Crippen LogP contribution in [0.3, 0.4) is 0 Å². The molecule has 0 radical (unpaired) electrons. The summed E-state index contributed by atoms with van der Waals surface area (Å²) in [7, 11) is 0. The van der Waals surface area contributed by atoms with E-state index in [4.69, 9.17) is 14.2 Å². The molecule has 3 unspecified atom stereocenters. The number of aliphatic hydroxyl groups is 4.